The number of allylic oxidation sites excluding steroid dienone is 1. The molecule has 0 radical (unpaired) electrons. The predicted molar refractivity (Wildman–Crippen MR) is 82.2 cm³/mol. The molecule has 4 heteroatoms. The lowest BCUT2D eigenvalue weighted by Crippen LogP contribution is -2.42. The van der Waals surface area contributed by atoms with Gasteiger partial charge >= 0.3 is 0 Å². The molecular weight excluding hydrogens is 272 g/mol. The van der Waals surface area contributed by atoms with E-state index in [0.29, 0.717) is 16.2 Å². The van der Waals surface area contributed by atoms with E-state index in [-0.39, 0.29) is 18.0 Å². The molecule has 1 amide bonds. The fourth-order valence-corrected chi connectivity index (χ4v) is 2.38. The number of nitriles is 1. The first-order chi connectivity index (χ1) is 9.38. The summed E-state index contributed by atoms with van der Waals surface area (Å²) in [5.41, 5.74) is 1.03. The highest BCUT2D eigenvalue weighted by atomic mass is 35.5. The van der Waals surface area contributed by atoms with Gasteiger partial charge < -0.3 is 4.90 Å². The smallest absolute Gasteiger partial charge is 0.255 e. The second-order valence-corrected chi connectivity index (χ2v) is 5.53. The summed E-state index contributed by atoms with van der Waals surface area (Å²) in [4.78, 5) is 14.4. The minimum absolute atomic E-state index is 0.0591. The van der Waals surface area contributed by atoms with Gasteiger partial charge in [0.25, 0.3) is 5.91 Å². The van der Waals surface area contributed by atoms with E-state index in [0.717, 1.165) is 0 Å². The van der Waals surface area contributed by atoms with Crippen molar-refractivity contribution < 1.29 is 4.79 Å². The number of rotatable bonds is 4. The van der Waals surface area contributed by atoms with Crippen LogP contribution in [-0.4, -0.2) is 22.9 Å². The highest BCUT2D eigenvalue weighted by Crippen LogP contribution is 2.23. The van der Waals surface area contributed by atoms with Crippen molar-refractivity contribution in [3.05, 3.63) is 40.9 Å². The number of amides is 1. The second kappa shape index (κ2) is 7.12. The highest BCUT2D eigenvalue weighted by Gasteiger charge is 2.24. The van der Waals surface area contributed by atoms with Gasteiger partial charge in [0.15, 0.2) is 0 Å². The topological polar surface area (TPSA) is 44.1 Å². The number of benzene rings is 1. The fraction of sp³-hybridized carbons (Fsp3) is 0.375. The van der Waals surface area contributed by atoms with E-state index < -0.39 is 0 Å². The van der Waals surface area contributed by atoms with Gasteiger partial charge in [-0.15, -0.1) is 0 Å². The van der Waals surface area contributed by atoms with Crippen LogP contribution in [0.4, 0.5) is 0 Å². The van der Waals surface area contributed by atoms with Crippen molar-refractivity contribution in [2.75, 3.05) is 0 Å². The normalized spacial score (nSPS) is 11.6. The van der Waals surface area contributed by atoms with E-state index in [1.165, 1.54) is 6.08 Å². The first kappa shape index (κ1) is 16.3. The largest absolute Gasteiger partial charge is 0.334 e. The third kappa shape index (κ3) is 3.85. The maximum Gasteiger partial charge on any atom is 0.255 e. The molecule has 0 saturated heterocycles. The molecule has 106 valence electrons. The summed E-state index contributed by atoms with van der Waals surface area (Å²) in [6.07, 6.45) is 1.28. The second-order valence-electron chi connectivity index (χ2n) is 5.10. The van der Waals surface area contributed by atoms with Crippen LogP contribution >= 0.6 is 11.6 Å². The summed E-state index contributed by atoms with van der Waals surface area (Å²) in [5.74, 6) is -0.154. The Labute approximate surface area is 125 Å². The maximum absolute atomic E-state index is 12.7. The number of carbonyl (C=O) groups is 1. The summed E-state index contributed by atoms with van der Waals surface area (Å²) in [7, 11) is 0. The van der Waals surface area contributed by atoms with E-state index in [1.54, 1.807) is 29.2 Å². The molecule has 3 nitrogen and oxygen atoms in total. The average molecular weight is 291 g/mol. The van der Waals surface area contributed by atoms with Gasteiger partial charge in [0, 0.05) is 23.2 Å². The molecule has 0 aromatic heterocycles. The molecule has 20 heavy (non-hydrogen) atoms. The lowest BCUT2D eigenvalue weighted by molar-refractivity contribution is -0.128. The van der Waals surface area contributed by atoms with Crippen LogP contribution in [0, 0.1) is 11.3 Å². The fourth-order valence-electron chi connectivity index (χ4n) is 2.19. The quantitative estimate of drug-likeness (QED) is 0.624. The molecule has 0 saturated carbocycles. The van der Waals surface area contributed by atoms with E-state index in [1.807, 2.05) is 33.8 Å². The van der Waals surface area contributed by atoms with Crippen LogP contribution in [0.25, 0.3) is 5.57 Å². The van der Waals surface area contributed by atoms with Crippen molar-refractivity contribution in [2.45, 2.75) is 39.8 Å². The van der Waals surface area contributed by atoms with Crippen LogP contribution in [0.5, 0.6) is 0 Å². The zero-order valence-corrected chi connectivity index (χ0v) is 13.0. The summed E-state index contributed by atoms with van der Waals surface area (Å²) >= 11 is 5.96. The van der Waals surface area contributed by atoms with Crippen LogP contribution in [0.2, 0.25) is 5.02 Å². The molecule has 0 aliphatic heterocycles. The molecular formula is C16H19ClN2O. The number of hydrogen-bond donors (Lipinski definition) is 0. The first-order valence-corrected chi connectivity index (χ1v) is 6.94. The monoisotopic (exact) mass is 290 g/mol. The summed E-state index contributed by atoms with van der Waals surface area (Å²) in [6.45, 7) is 7.83. The van der Waals surface area contributed by atoms with E-state index in [4.69, 9.17) is 16.9 Å². The maximum atomic E-state index is 12.7. The molecule has 0 heterocycles. The zero-order chi connectivity index (χ0) is 15.3. The van der Waals surface area contributed by atoms with Crippen molar-refractivity contribution >= 4 is 23.1 Å². The Bertz CT molecular complexity index is 548. The third-order valence-electron chi connectivity index (χ3n) is 2.92. The van der Waals surface area contributed by atoms with Crippen molar-refractivity contribution in [3.63, 3.8) is 0 Å². The molecule has 1 rings (SSSR count). The molecule has 0 atom stereocenters. The van der Waals surface area contributed by atoms with Gasteiger partial charge in [-0.3, -0.25) is 4.79 Å². The van der Waals surface area contributed by atoms with Crippen molar-refractivity contribution in [2.24, 2.45) is 0 Å². The van der Waals surface area contributed by atoms with Crippen LogP contribution in [0.1, 0.15) is 33.3 Å². The Morgan fingerprint density at radius 2 is 1.90 bits per heavy atom. The zero-order valence-electron chi connectivity index (χ0n) is 12.2. The summed E-state index contributed by atoms with van der Waals surface area (Å²) in [5, 5.41) is 9.49. The number of carbonyl (C=O) groups excluding carboxylic acids is 1. The Kier molecular flexibility index (Phi) is 5.79. The van der Waals surface area contributed by atoms with E-state index in [2.05, 4.69) is 0 Å². The van der Waals surface area contributed by atoms with Crippen LogP contribution in [-0.2, 0) is 4.79 Å². The predicted octanol–water partition coefficient (Wildman–Crippen LogP) is 3.89. The standard InChI is InChI=1S/C16H19ClN2O/c1-11(2)19(12(3)4)16(20)15(8-9-18)13-6-5-7-14(17)10-13/h5-8,10-12H,1-4H3/b15-8+. The molecule has 0 spiro atoms. The third-order valence-corrected chi connectivity index (χ3v) is 3.16. The summed E-state index contributed by atoms with van der Waals surface area (Å²) in [6, 6.07) is 9.05. The van der Waals surface area contributed by atoms with Crippen molar-refractivity contribution in [1.29, 1.82) is 5.26 Å². The lowest BCUT2D eigenvalue weighted by atomic mass is 10.0. The SMILES string of the molecule is CC(C)N(C(=O)/C(=C/C#N)c1cccc(Cl)c1)C(C)C. The van der Waals surface area contributed by atoms with Crippen LogP contribution < -0.4 is 0 Å². The number of halogens is 1. The average Bonchev–Trinajstić information content (AvgIpc) is 2.34. The van der Waals surface area contributed by atoms with Gasteiger partial charge in [-0.25, -0.2) is 0 Å². The highest BCUT2D eigenvalue weighted by molar-refractivity contribution is 6.31. The molecule has 1 aromatic carbocycles. The Balaban J connectivity index is 3.25. The van der Waals surface area contributed by atoms with E-state index >= 15 is 0 Å². The first-order valence-electron chi connectivity index (χ1n) is 6.56. The molecule has 0 N–H and O–H groups in total. The van der Waals surface area contributed by atoms with Gasteiger partial charge in [-0.05, 0) is 45.4 Å². The summed E-state index contributed by atoms with van der Waals surface area (Å²) < 4.78 is 0. The minimum atomic E-state index is -0.154. The Hall–Kier alpha value is -1.79. The van der Waals surface area contributed by atoms with Gasteiger partial charge in [-0.1, -0.05) is 23.7 Å². The molecule has 0 bridgehead atoms. The Morgan fingerprint density at radius 1 is 1.30 bits per heavy atom. The Morgan fingerprint density at radius 3 is 2.35 bits per heavy atom. The minimum Gasteiger partial charge on any atom is -0.334 e. The van der Waals surface area contributed by atoms with Gasteiger partial charge in [0.05, 0.1) is 11.6 Å². The van der Waals surface area contributed by atoms with Gasteiger partial charge in [0.1, 0.15) is 0 Å². The molecule has 0 fully saturated rings. The molecule has 0 aliphatic rings. The van der Waals surface area contributed by atoms with Crippen LogP contribution in [0.15, 0.2) is 30.3 Å². The van der Waals surface area contributed by atoms with Crippen molar-refractivity contribution in [3.8, 4) is 6.07 Å². The molecule has 0 aliphatic carbocycles. The van der Waals surface area contributed by atoms with Crippen molar-refractivity contribution in [1.82, 2.24) is 4.90 Å². The molecule has 1 aromatic rings. The number of hydrogen-bond acceptors (Lipinski definition) is 2. The van der Waals surface area contributed by atoms with Gasteiger partial charge in [0.2, 0.25) is 0 Å². The molecule has 0 unspecified atom stereocenters. The van der Waals surface area contributed by atoms with Crippen LogP contribution in [0.3, 0.4) is 0 Å². The lowest BCUT2D eigenvalue weighted by Gasteiger charge is -2.31. The van der Waals surface area contributed by atoms with Gasteiger partial charge in [-0.2, -0.15) is 5.26 Å². The van der Waals surface area contributed by atoms with E-state index in [9.17, 15) is 4.79 Å². The number of nitrogens with zero attached hydrogens (tertiary/aromatic N) is 2.